The van der Waals surface area contributed by atoms with Crippen LogP contribution in [0.15, 0.2) is 36.4 Å². The molecule has 1 saturated heterocycles. The lowest BCUT2D eigenvalue weighted by Crippen LogP contribution is -2.23. The third-order valence-electron chi connectivity index (χ3n) is 4.76. The van der Waals surface area contributed by atoms with Crippen LogP contribution in [0.25, 0.3) is 0 Å². The Morgan fingerprint density at radius 2 is 1.76 bits per heavy atom. The molecule has 29 heavy (non-hydrogen) atoms. The maximum Gasteiger partial charge on any atom is 0.251 e. The van der Waals surface area contributed by atoms with E-state index in [-0.39, 0.29) is 12.0 Å². The first kappa shape index (κ1) is 20.8. The summed E-state index contributed by atoms with van der Waals surface area (Å²) in [6.07, 6.45) is 2.33. The Hall–Kier alpha value is -2.93. The van der Waals surface area contributed by atoms with Gasteiger partial charge >= 0.3 is 0 Å². The second kappa shape index (κ2) is 10.0. The molecule has 0 aromatic heterocycles. The number of methoxy groups -OCH3 is 3. The van der Waals surface area contributed by atoms with Gasteiger partial charge in [-0.05, 0) is 42.7 Å². The number of hydrogen-bond donors (Lipinski definition) is 1. The summed E-state index contributed by atoms with van der Waals surface area (Å²) < 4.78 is 27.2. The van der Waals surface area contributed by atoms with Crippen molar-refractivity contribution in [3.63, 3.8) is 0 Å². The molecule has 156 valence electrons. The predicted octanol–water partition coefficient (Wildman–Crippen LogP) is 3.20. The largest absolute Gasteiger partial charge is 0.493 e. The highest BCUT2D eigenvalue weighted by atomic mass is 16.5. The third kappa shape index (κ3) is 5.32. The van der Waals surface area contributed by atoms with Crippen LogP contribution in [-0.2, 0) is 11.3 Å². The Morgan fingerprint density at radius 1 is 1.07 bits per heavy atom. The van der Waals surface area contributed by atoms with Crippen LogP contribution >= 0.6 is 0 Å². The van der Waals surface area contributed by atoms with Gasteiger partial charge in [-0.25, -0.2) is 0 Å². The maximum atomic E-state index is 12.6. The molecule has 3 rings (SSSR count). The highest BCUT2D eigenvalue weighted by molar-refractivity contribution is 5.95. The number of benzene rings is 2. The van der Waals surface area contributed by atoms with Gasteiger partial charge in [-0.3, -0.25) is 4.79 Å². The van der Waals surface area contributed by atoms with Crippen LogP contribution in [0, 0.1) is 0 Å². The molecule has 0 aliphatic carbocycles. The summed E-state index contributed by atoms with van der Waals surface area (Å²) in [6, 6.07) is 10.9. The molecule has 1 fully saturated rings. The van der Waals surface area contributed by atoms with E-state index in [0.29, 0.717) is 36.0 Å². The molecule has 1 heterocycles. The van der Waals surface area contributed by atoms with Crippen molar-refractivity contribution in [1.29, 1.82) is 0 Å². The SMILES string of the molecule is COc1cc(C(=O)NCc2ccc(OCC3CCCO3)cc2)cc(OC)c1OC. The van der Waals surface area contributed by atoms with Crippen LogP contribution in [-0.4, -0.2) is 46.6 Å². The Kier molecular flexibility index (Phi) is 7.19. The van der Waals surface area contributed by atoms with Gasteiger partial charge in [0, 0.05) is 18.7 Å². The fraction of sp³-hybridized carbons (Fsp3) is 0.409. The molecule has 0 radical (unpaired) electrons. The summed E-state index contributed by atoms with van der Waals surface area (Å²) in [5.74, 6) is 1.88. The minimum absolute atomic E-state index is 0.187. The van der Waals surface area contributed by atoms with E-state index in [1.54, 1.807) is 12.1 Å². The monoisotopic (exact) mass is 401 g/mol. The van der Waals surface area contributed by atoms with Crippen molar-refractivity contribution in [2.24, 2.45) is 0 Å². The Labute approximate surface area is 170 Å². The quantitative estimate of drug-likeness (QED) is 0.696. The fourth-order valence-corrected chi connectivity index (χ4v) is 3.17. The van der Waals surface area contributed by atoms with Gasteiger partial charge < -0.3 is 29.0 Å². The van der Waals surface area contributed by atoms with Gasteiger partial charge in [-0.2, -0.15) is 0 Å². The van der Waals surface area contributed by atoms with Gasteiger partial charge in [0.2, 0.25) is 5.75 Å². The molecule has 1 aliphatic rings. The fourth-order valence-electron chi connectivity index (χ4n) is 3.17. The molecule has 7 nitrogen and oxygen atoms in total. The number of hydrogen-bond acceptors (Lipinski definition) is 6. The molecule has 1 atom stereocenters. The molecule has 7 heteroatoms. The first-order valence-corrected chi connectivity index (χ1v) is 9.56. The first-order valence-electron chi connectivity index (χ1n) is 9.56. The Balaban J connectivity index is 1.57. The smallest absolute Gasteiger partial charge is 0.251 e. The van der Waals surface area contributed by atoms with Crippen LogP contribution in [0.2, 0.25) is 0 Å². The van der Waals surface area contributed by atoms with E-state index >= 15 is 0 Å². The van der Waals surface area contributed by atoms with Crippen molar-refractivity contribution in [3.05, 3.63) is 47.5 Å². The topological polar surface area (TPSA) is 75.3 Å². The van der Waals surface area contributed by atoms with E-state index in [4.69, 9.17) is 23.7 Å². The lowest BCUT2D eigenvalue weighted by Gasteiger charge is -2.14. The lowest BCUT2D eigenvalue weighted by molar-refractivity contribution is 0.0679. The molecule has 0 bridgehead atoms. The number of rotatable bonds is 9. The molecule has 1 aliphatic heterocycles. The summed E-state index contributed by atoms with van der Waals surface area (Å²) in [7, 11) is 4.55. The average Bonchev–Trinajstić information content (AvgIpc) is 3.29. The average molecular weight is 401 g/mol. The van der Waals surface area contributed by atoms with E-state index < -0.39 is 0 Å². The summed E-state index contributed by atoms with van der Waals surface area (Å²) in [6.45, 7) is 1.78. The van der Waals surface area contributed by atoms with Crippen LogP contribution in [0.5, 0.6) is 23.0 Å². The standard InChI is InChI=1S/C22H27NO6/c1-25-19-11-16(12-20(26-2)21(19)27-3)22(24)23-13-15-6-8-17(9-7-15)29-14-18-5-4-10-28-18/h6-9,11-12,18H,4-5,10,13-14H2,1-3H3,(H,23,24). The van der Waals surface area contributed by atoms with Crippen LogP contribution in [0.3, 0.4) is 0 Å². The van der Waals surface area contributed by atoms with E-state index in [9.17, 15) is 4.79 Å². The number of carbonyl (C=O) groups is 1. The minimum Gasteiger partial charge on any atom is -0.493 e. The van der Waals surface area contributed by atoms with Crippen LogP contribution < -0.4 is 24.3 Å². The molecular weight excluding hydrogens is 374 g/mol. The van der Waals surface area contributed by atoms with Crippen LogP contribution in [0.1, 0.15) is 28.8 Å². The first-order chi connectivity index (χ1) is 14.1. The van der Waals surface area contributed by atoms with E-state index in [1.165, 1.54) is 21.3 Å². The molecule has 0 saturated carbocycles. The van der Waals surface area contributed by atoms with Crippen molar-refractivity contribution < 1.29 is 28.5 Å². The maximum absolute atomic E-state index is 12.6. The second-order valence-electron chi connectivity index (χ2n) is 6.69. The van der Waals surface area contributed by atoms with Crippen molar-refractivity contribution in [2.75, 3.05) is 34.5 Å². The van der Waals surface area contributed by atoms with Crippen molar-refractivity contribution in [1.82, 2.24) is 5.32 Å². The minimum atomic E-state index is -0.233. The number of amides is 1. The number of ether oxygens (including phenoxy) is 5. The van der Waals surface area contributed by atoms with Gasteiger partial charge in [0.25, 0.3) is 5.91 Å². The molecule has 2 aromatic rings. The van der Waals surface area contributed by atoms with Gasteiger partial charge in [0.05, 0.1) is 27.4 Å². The second-order valence-corrected chi connectivity index (χ2v) is 6.69. The van der Waals surface area contributed by atoms with E-state index in [1.807, 2.05) is 24.3 Å². The van der Waals surface area contributed by atoms with Gasteiger partial charge in [-0.1, -0.05) is 12.1 Å². The van der Waals surface area contributed by atoms with Crippen LogP contribution in [0.4, 0.5) is 0 Å². The summed E-state index contributed by atoms with van der Waals surface area (Å²) in [5, 5.41) is 2.90. The molecule has 1 N–H and O–H groups in total. The molecule has 2 aromatic carbocycles. The van der Waals surface area contributed by atoms with Crippen molar-refractivity contribution >= 4 is 5.91 Å². The zero-order valence-corrected chi connectivity index (χ0v) is 17.0. The number of nitrogens with one attached hydrogen (secondary N) is 1. The summed E-state index contributed by atoms with van der Waals surface area (Å²) >= 11 is 0. The normalized spacial score (nSPS) is 15.6. The van der Waals surface area contributed by atoms with E-state index in [0.717, 1.165) is 30.8 Å². The molecular formula is C22H27NO6. The van der Waals surface area contributed by atoms with Crippen molar-refractivity contribution in [2.45, 2.75) is 25.5 Å². The third-order valence-corrected chi connectivity index (χ3v) is 4.76. The van der Waals surface area contributed by atoms with Crippen molar-refractivity contribution in [3.8, 4) is 23.0 Å². The molecule has 1 amide bonds. The Bertz CT molecular complexity index is 790. The zero-order chi connectivity index (χ0) is 20.6. The highest BCUT2D eigenvalue weighted by Crippen LogP contribution is 2.38. The predicted molar refractivity (Wildman–Crippen MR) is 108 cm³/mol. The molecule has 1 unspecified atom stereocenters. The number of carbonyl (C=O) groups excluding carboxylic acids is 1. The highest BCUT2D eigenvalue weighted by Gasteiger charge is 2.17. The Morgan fingerprint density at radius 3 is 2.31 bits per heavy atom. The zero-order valence-electron chi connectivity index (χ0n) is 17.0. The van der Waals surface area contributed by atoms with Gasteiger partial charge in [0.15, 0.2) is 11.5 Å². The van der Waals surface area contributed by atoms with Gasteiger partial charge in [0.1, 0.15) is 12.4 Å². The lowest BCUT2D eigenvalue weighted by atomic mass is 10.1. The van der Waals surface area contributed by atoms with Gasteiger partial charge in [-0.15, -0.1) is 0 Å². The summed E-state index contributed by atoms with van der Waals surface area (Å²) in [5.41, 5.74) is 1.39. The van der Waals surface area contributed by atoms with E-state index in [2.05, 4.69) is 5.32 Å². The molecule has 0 spiro atoms. The summed E-state index contributed by atoms with van der Waals surface area (Å²) in [4.78, 5) is 12.6.